The van der Waals surface area contributed by atoms with Gasteiger partial charge in [-0.1, -0.05) is 0 Å². The molecule has 1 unspecified atom stereocenters. The molecule has 0 aromatic rings. The predicted molar refractivity (Wildman–Crippen MR) is 75.2 cm³/mol. The summed E-state index contributed by atoms with van der Waals surface area (Å²) in [6, 6.07) is 0.226. The standard InChI is InChI=1S/C14H29NO4/c1-6-19-13(16)14(4,15-12(2)3)8-7-9-18-11-10-17-5/h12,15H,6-11H2,1-5H3. The molecule has 0 aromatic heterocycles. The minimum absolute atomic E-state index is 0.194. The Morgan fingerprint density at radius 1 is 1.26 bits per heavy atom. The predicted octanol–water partition coefficient (Wildman–Crippen LogP) is 1.75. The molecule has 0 heterocycles. The van der Waals surface area contributed by atoms with Gasteiger partial charge in [0.15, 0.2) is 0 Å². The summed E-state index contributed by atoms with van der Waals surface area (Å²) in [6.45, 7) is 9.96. The lowest BCUT2D eigenvalue weighted by molar-refractivity contribution is -0.151. The van der Waals surface area contributed by atoms with Gasteiger partial charge in [-0.25, -0.2) is 0 Å². The Labute approximate surface area is 117 Å². The first-order chi connectivity index (χ1) is 8.96. The molecule has 114 valence electrons. The van der Waals surface area contributed by atoms with Crippen LogP contribution in [-0.2, 0) is 19.0 Å². The third kappa shape index (κ3) is 8.18. The maximum atomic E-state index is 12.0. The van der Waals surface area contributed by atoms with E-state index in [9.17, 15) is 4.79 Å². The van der Waals surface area contributed by atoms with E-state index in [0.29, 0.717) is 32.8 Å². The SMILES string of the molecule is CCOC(=O)C(C)(CCCOCCOC)NC(C)C. The number of rotatable bonds is 11. The lowest BCUT2D eigenvalue weighted by Gasteiger charge is -2.30. The first-order valence-electron chi connectivity index (χ1n) is 6.98. The van der Waals surface area contributed by atoms with Crippen molar-refractivity contribution in [1.82, 2.24) is 5.32 Å². The highest BCUT2D eigenvalue weighted by atomic mass is 16.5. The first kappa shape index (κ1) is 18.4. The van der Waals surface area contributed by atoms with Gasteiger partial charge in [-0.05, 0) is 40.5 Å². The lowest BCUT2D eigenvalue weighted by Crippen LogP contribution is -2.53. The van der Waals surface area contributed by atoms with Gasteiger partial charge < -0.3 is 14.2 Å². The second kappa shape index (κ2) is 10.2. The Morgan fingerprint density at radius 3 is 2.47 bits per heavy atom. The fourth-order valence-electron chi connectivity index (χ4n) is 1.93. The molecule has 5 nitrogen and oxygen atoms in total. The molecule has 19 heavy (non-hydrogen) atoms. The third-order valence-electron chi connectivity index (χ3n) is 2.73. The lowest BCUT2D eigenvalue weighted by atomic mass is 9.95. The Morgan fingerprint density at radius 2 is 1.95 bits per heavy atom. The molecule has 0 aliphatic heterocycles. The Hall–Kier alpha value is -0.650. The van der Waals surface area contributed by atoms with Crippen molar-refractivity contribution in [3.63, 3.8) is 0 Å². The van der Waals surface area contributed by atoms with Crippen LogP contribution in [0.3, 0.4) is 0 Å². The fourth-order valence-corrected chi connectivity index (χ4v) is 1.93. The van der Waals surface area contributed by atoms with Crippen LogP contribution in [-0.4, -0.2) is 51.1 Å². The van der Waals surface area contributed by atoms with Crippen LogP contribution in [0.5, 0.6) is 0 Å². The summed E-state index contributed by atoms with van der Waals surface area (Å²) in [6.07, 6.45) is 1.50. The van der Waals surface area contributed by atoms with E-state index in [4.69, 9.17) is 14.2 Å². The zero-order valence-corrected chi connectivity index (χ0v) is 13.0. The molecule has 0 aliphatic rings. The third-order valence-corrected chi connectivity index (χ3v) is 2.73. The summed E-state index contributed by atoms with van der Waals surface area (Å²) in [4.78, 5) is 12.0. The Balaban J connectivity index is 4.16. The van der Waals surface area contributed by atoms with Gasteiger partial charge in [-0.2, -0.15) is 0 Å². The second-order valence-corrected chi connectivity index (χ2v) is 5.06. The molecule has 0 rings (SSSR count). The number of hydrogen-bond acceptors (Lipinski definition) is 5. The summed E-state index contributed by atoms with van der Waals surface area (Å²) >= 11 is 0. The highest BCUT2D eigenvalue weighted by Gasteiger charge is 2.34. The number of carbonyl (C=O) groups excluding carboxylic acids is 1. The molecule has 0 aromatic carbocycles. The van der Waals surface area contributed by atoms with Crippen LogP contribution in [0.25, 0.3) is 0 Å². The Bertz CT molecular complexity index is 246. The number of ether oxygens (including phenoxy) is 3. The molecular formula is C14H29NO4. The van der Waals surface area contributed by atoms with E-state index in [1.807, 2.05) is 27.7 Å². The summed E-state index contributed by atoms with van der Waals surface area (Å²) in [5.74, 6) is -0.194. The summed E-state index contributed by atoms with van der Waals surface area (Å²) in [7, 11) is 1.65. The largest absolute Gasteiger partial charge is 0.465 e. The molecule has 0 fully saturated rings. The molecule has 0 bridgehead atoms. The fraction of sp³-hybridized carbons (Fsp3) is 0.929. The molecule has 5 heteroatoms. The van der Waals surface area contributed by atoms with Crippen molar-refractivity contribution in [3.8, 4) is 0 Å². The average molecular weight is 275 g/mol. The van der Waals surface area contributed by atoms with Gasteiger partial charge in [-0.15, -0.1) is 0 Å². The first-order valence-corrected chi connectivity index (χ1v) is 6.98. The second-order valence-electron chi connectivity index (χ2n) is 5.06. The van der Waals surface area contributed by atoms with Gasteiger partial charge in [0, 0.05) is 19.8 Å². The smallest absolute Gasteiger partial charge is 0.326 e. The van der Waals surface area contributed by atoms with Gasteiger partial charge in [0.25, 0.3) is 0 Å². The van der Waals surface area contributed by atoms with E-state index in [0.717, 1.165) is 6.42 Å². The van der Waals surface area contributed by atoms with Crippen LogP contribution in [0.4, 0.5) is 0 Å². The van der Waals surface area contributed by atoms with Gasteiger partial charge in [0.2, 0.25) is 0 Å². The molecule has 1 atom stereocenters. The van der Waals surface area contributed by atoms with Crippen LogP contribution in [0.15, 0.2) is 0 Å². The van der Waals surface area contributed by atoms with Gasteiger partial charge in [0.05, 0.1) is 19.8 Å². The molecule has 0 radical (unpaired) electrons. The summed E-state index contributed by atoms with van der Waals surface area (Å²) < 4.78 is 15.5. The zero-order valence-electron chi connectivity index (χ0n) is 13.0. The number of nitrogens with one attached hydrogen (secondary N) is 1. The molecule has 0 aliphatic carbocycles. The van der Waals surface area contributed by atoms with Crippen LogP contribution in [0, 0.1) is 0 Å². The van der Waals surface area contributed by atoms with Crippen molar-refractivity contribution >= 4 is 5.97 Å². The van der Waals surface area contributed by atoms with E-state index in [1.165, 1.54) is 0 Å². The highest BCUT2D eigenvalue weighted by Crippen LogP contribution is 2.16. The highest BCUT2D eigenvalue weighted by molar-refractivity contribution is 5.80. The molecule has 0 amide bonds. The summed E-state index contributed by atoms with van der Waals surface area (Å²) in [5.41, 5.74) is -0.644. The monoisotopic (exact) mass is 275 g/mol. The number of hydrogen-bond donors (Lipinski definition) is 1. The Kier molecular flexibility index (Phi) is 9.83. The van der Waals surface area contributed by atoms with E-state index < -0.39 is 5.54 Å². The topological polar surface area (TPSA) is 56.8 Å². The van der Waals surface area contributed by atoms with Crippen molar-refractivity contribution in [2.24, 2.45) is 0 Å². The molecular weight excluding hydrogens is 246 g/mol. The maximum Gasteiger partial charge on any atom is 0.326 e. The zero-order chi connectivity index (χ0) is 14.7. The van der Waals surface area contributed by atoms with Gasteiger partial charge in [0.1, 0.15) is 5.54 Å². The number of methoxy groups -OCH3 is 1. The minimum atomic E-state index is -0.644. The van der Waals surface area contributed by atoms with Crippen LogP contribution >= 0.6 is 0 Å². The van der Waals surface area contributed by atoms with Crippen LogP contribution < -0.4 is 5.32 Å². The molecule has 0 saturated carbocycles. The molecule has 1 N–H and O–H groups in total. The van der Waals surface area contributed by atoms with Gasteiger partial charge >= 0.3 is 5.97 Å². The minimum Gasteiger partial charge on any atom is -0.465 e. The van der Waals surface area contributed by atoms with Crippen molar-refractivity contribution in [2.45, 2.75) is 52.1 Å². The van der Waals surface area contributed by atoms with Gasteiger partial charge in [-0.3, -0.25) is 10.1 Å². The van der Waals surface area contributed by atoms with Crippen LogP contribution in [0.2, 0.25) is 0 Å². The average Bonchev–Trinajstić information content (AvgIpc) is 2.33. The normalized spacial score (nSPS) is 14.4. The molecule has 0 spiro atoms. The van der Waals surface area contributed by atoms with E-state index >= 15 is 0 Å². The molecule has 0 saturated heterocycles. The number of esters is 1. The van der Waals surface area contributed by atoms with Crippen molar-refractivity contribution in [3.05, 3.63) is 0 Å². The van der Waals surface area contributed by atoms with E-state index in [2.05, 4.69) is 5.32 Å². The van der Waals surface area contributed by atoms with Crippen molar-refractivity contribution in [1.29, 1.82) is 0 Å². The summed E-state index contributed by atoms with van der Waals surface area (Å²) in [5, 5.41) is 3.29. The maximum absolute atomic E-state index is 12.0. The van der Waals surface area contributed by atoms with Crippen LogP contribution in [0.1, 0.15) is 40.5 Å². The van der Waals surface area contributed by atoms with Crippen molar-refractivity contribution < 1.29 is 19.0 Å². The van der Waals surface area contributed by atoms with Crippen molar-refractivity contribution in [2.75, 3.05) is 33.5 Å². The number of carbonyl (C=O) groups is 1. The van der Waals surface area contributed by atoms with E-state index in [-0.39, 0.29) is 12.0 Å². The van der Waals surface area contributed by atoms with E-state index in [1.54, 1.807) is 7.11 Å². The quantitative estimate of drug-likeness (QED) is 0.460.